The summed E-state index contributed by atoms with van der Waals surface area (Å²) in [4.78, 5) is 15.1. The van der Waals surface area contributed by atoms with Crippen molar-refractivity contribution in [3.63, 3.8) is 0 Å². The number of nitrogens with one attached hydrogen (secondary N) is 2. The van der Waals surface area contributed by atoms with Gasteiger partial charge in [0.1, 0.15) is 5.76 Å². The molecule has 2 heterocycles. The Morgan fingerprint density at radius 3 is 2.90 bits per heavy atom. The van der Waals surface area contributed by atoms with Crippen LogP contribution in [0.1, 0.15) is 27.5 Å². The van der Waals surface area contributed by atoms with Gasteiger partial charge >= 0.3 is 0 Å². The van der Waals surface area contributed by atoms with E-state index in [0.29, 0.717) is 18.0 Å². The summed E-state index contributed by atoms with van der Waals surface area (Å²) < 4.78 is 4.88. The molecule has 1 amide bonds. The molecule has 0 saturated carbocycles. The smallest absolute Gasteiger partial charge is 0.273 e. The van der Waals surface area contributed by atoms with Gasteiger partial charge in [0, 0.05) is 23.8 Å². The molecule has 2 N–H and O–H groups in total. The van der Waals surface area contributed by atoms with E-state index < -0.39 is 0 Å². The van der Waals surface area contributed by atoms with E-state index in [0.717, 1.165) is 22.2 Å². The molecule has 0 saturated heterocycles. The van der Waals surface area contributed by atoms with Gasteiger partial charge in [0.15, 0.2) is 5.69 Å². The first-order valence-electron chi connectivity index (χ1n) is 6.41. The SMILES string of the molecule is Cc1cc2cc(CNC(=O)c3cc(C)on3)ccc2[nH]1. The van der Waals surface area contributed by atoms with Crippen LogP contribution in [0.25, 0.3) is 10.9 Å². The first kappa shape index (κ1) is 12.5. The third-order valence-electron chi connectivity index (χ3n) is 3.13. The Bertz CT molecular complexity index is 770. The number of benzene rings is 1. The molecule has 5 heteroatoms. The average Bonchev–Trinajstić information content (AvgIpc) is 3.00. The van der Waals surface area contributed by atoms with Crippen LogP contribution >= 0.6 is 0 Å². The van der Waals surface area contributed by atoms with Crippen LogP contribution in [0.5, 0.6) is 0 Å². The summed E-state index contributed by atoms with van der Waals surface area (Å²) in [5, 5.41) is 7.66. The molecule has 0 bridgehead atoms. The molecule has 2 aromatic heterocycles. The fourth-order valence-corrected chi connectivity index (χ4v) is 2.18. The molecule has 1 aromatic carbocycles. The summed E-state index contributed by atoms with van der Waals surface area (Å²) in [6, 6.07) is 9.78. The maximum Gasteiger partial charge on any atom is 0.273 e. The lowest BCUT2D eigenvalue weighted by atomic mass is 10.1. The summed E-state index contributed by atoms with van der Waals surface area (Å²) in [5.41, 5.74) is 3.58. The van der Waals surface area contributed by atoms with Crippen LogP contribution in [0.4, 0.5) is 0 Å². The van der Waals surface area contributed by atoms with Crippen molar-refractivity contribution < 1.29 is 9.32 Å². The number of nitrogens with zero attached hydrogens (tertiary/aromatic N) is 1. The Balaban J connectivity index is 1.71. The standard InChI is InChI=1S/C15H15N3O2/c1-9-5-12-7-11(3-4-13(12)17-9)8-16-15(19)14-6-10(2)20-18-14/h3-7,17H,8H2,1-2H3,(H,16,19). The minimum Gasteiger partial charge on any atom is -0.361 e. The van der Waals surface area contributed by atoms with Gasteiger partial charge in [0.05, 0.1) is 0 Å². The van der Waals surface area contributed by atoms with Gasteiger partial charge < -0.3 is 14.8 Å². The predicted octanol–water partition coefficient (Wildman–Crippen LogP) is 2.70. The van der Waals surface area contributed by atoms with Crippen molar-refractivity contribution in [2.75, 3.05) is 0 Å². The number of aromatic amines is 1. The van der Waals surface area contributed by atoms with E-state index in [-0.39, 0.29) is 5.91 Å². The van der Waals surface area contributed by atoms with Crippen LogP contribution in [0.3, 0.4) is 0 Å². The third-order valence-corrected chi connectivity index (χ3v) is 3.13. The van der Waals surface area contributed by atoms with Crippen molar-refractivity contribution in [2.45, 2.75) is 20.4 Å². The Morgan fingerprint density at radius 2 is 2.15 bits per heavy atom. The minimum absolute atomic E-state index is 0.229. The van der Waals surface area contributed by atoms with Crippen molar-refractivity contribution >= 4 is 16.8 Å². The Morgan fingerprint density at radius 1 is 1.30 bits per heavy atom. The molecule has 0 fully saturated rings. The number of hydrogen-bond donors (Lipinski definition) is 2. The summed E-state index contributed by atoms with van der Waals surface area (Å²) in [5.74, 6) is 0.395. The molecule has 0 aliphatic heterocycles. The largest absolute Gasteiger partial charge is 0.361 e. The zero-order valence-electron chi connectivity index (χ0n) is 11.4. The minimum atomic E-state index is -0.229. The highest BCUT2D eigenvalue weighted by Gasteiger charge is 2.10. The van der Waals surface area contributed by atoms with Gasteiger partial charge in [0.2, 0.25) is 0 Å². The lowest BCUT2D eigenvalue weighted by molar-refractivity contribution is 0.0942. The molecule has 102 valence electrons. The van der Waals surface area contributed by atoms with Crippen molar-refractivity contribution in [1.29, 1.82) is 0 Å². The van der Waals surface area contributed by atoms with E-state index >= 15 is 0 Å². The first-order chi connectivity index (χ1) is 9.61. The van der Waals surface area contributed by atoms with E-state index in [1.807, 2.05) is 19.1 Å². The molecule has 0 unspecified atom stereocenters. The Labute approximate surface area is 116 Å². The van der Waals surface area contributed by atoms with Crippen LogP contribution in [0.15, 0.2) is 34.9 Å². The van der Waals surface area contributed by atoms with Gasteiger partial charge in [-0.25, -0.2) is 0 Å². The highest BCUT2D eigenvalue weighted by molar-refractivity contribution is 5.92. The molecule has 3 rings (SSSR count). The maximum absolute atomic E-state index is 11.9. The molecule has 0 atom stereocenters. The fraction of sp³-hybridized carbons (Fsp3) is 0.200. The maximum atomic E-state index is 11.9. The zero-order chi connectivity index (χ0) is 14.1. The normalized spacial score (nSPS) is 10.9. The summed E-state index contributed by atoms with van der Waals surface area (Å²) in [7, 11) is 0. The second-order valence-electron chi connectivity index (χ2n) is 4.88. The van der Waals surface area contributed by atoms with Crippen LogP contribution in [0, 0.1) is 13.8 Å². The number of hydrogen-bond acceptors (Lipinski definition) is 3. The van der Waals surface area contributed by atoms with Crippen LogP contribution in [-0.2, 0) is 6.54 Å². The number of fused-ring (bicyclic) bond motifs is 1. The quantitative estimate of drug-likeness (QED) is 0.768. The highest BCUT2D eigenvalue weighted by atomic mass is 16.5. The number of aromatic nitrogens is 2. The summed E-state index contributed by atoms with van der Waals surface area (Å²) in [6.45, 7) is 4.24. The van der Waals surface area contributed by atoms with Gasteiger partial charge in [-0.1, -0.05) is 11.2 Å². The van der Waals surface area contributed by atoms with Gasteiger partial charge in [-0.05, 0) is 43.0 Å². The lowest BCUT2D eigenvalue weighted by Crippen LogP contribution is -2.22. The van der Waals surface area contributed by atoms with Crippen LogP contribution in [-0.4, -0.2) is 16.0 Å². The van der Waals surface area contributed by atoms with Crippen LogP contribution < -0.4 is 5.32 Å². The number of aryl methyl sites for hydroxylation is 2. The molecule has 3 aromatic rings. The highest BCUT2D eigenvalue weighted by Crippen LogP contribution is 2.16. The average molecular weight is 269 g/mol. The second-order valence-corrected chi connectivity index (χ2v) is 4.88. The van der Waals surface area contributed by atoms with Crippen molar-refractivity contribution in [1.82, 2.24) is 15.5 Å². The molecule has 0 radical (unpaired) electrons. The second kappa shape index (κ2) is 4.85. The number of H-pyrrole nitrogens is 1. The van der Waals surface area contributed by atoms with Gasteiger partial charge in [0.25, 0.3) is 5.91 Å². The lowest BCUT2D eigenvalue weighted by Gasteiger charge is -2.03. The van der Waals surface area contributed by atoms with Crippen molar-refractivity contribution in [3.05, 3.63) is 53.0 Å². The number of amides is 1. The van der Waals surface area contributed by atoms with E-state index in [2.05, 4.69) is 27.6 Å². The van der Waals surface area contributed by atoms with Gasteiger partial charge in [-0.3, -0.25) is 4.79 Å². The Kier molecular flexibility index (Phi) is 3.02. The molecule has 5 nitrogen and oxygen atoms in total. The number of carbonyl (C=O) groups excluding carboxylic acids is 1. The van der Waals surface area contributed by atoms with Crippen molar-refractivity contribution in [2.24, 2.45) is 0 Å². The molecular weight excluding hydrogens is 254 g/mol. The molecular formula is C15H15N3O2. The van der Waals surface area contributed by atoms with Gasteiger partial charge in [-0.15, -0.1) is 0 Å². The predicted molar refractivity (Wildman–Crippen MR) is 75.4 cm³/mol. The van der Waals surface area contributed by atoms with Crippen molar-refractivity contribution in [3.8, 4) is 0 Å². The number of carbonyl (C=O) groups is 1. The summed E-state index contributed by atoms with van der Waals surface area (Å²) >= 11 is 0. The topological polar surface area (TPSA) is 70.9 Å². The summed E-state index contributed by atoms with van der Waals surface area (Å²) in [6.07, 6.45) is 0. The van der Waals surface area contributed by atoms with E-state index in [1.54, 1.807) is 13.0 Å². The van der Waals surface area contributed by atoms with E-state index in [9.17, 15) is 4.79 Å². The first-order valence-corrected chi connectivity index (χ1v) is 6.41. The molecule has 0 aliphatic carbocycles. The molecule has 0 spiro atoms. The zero-order valence-corrected chi connectivity index (χ0v) is 11.4. The Hall–Kier alpha value is -2.56. The molecule has 20 heavy (non-hydrogen) atoms. The van der Waals surface area contributed by atoms with Gasteiger partial charge in [-0.2, -0.15) is 0 Å². The fourth-order valence-electron chi connectivity index (χ4n) is 2.18. The van der Waals surface area contributed by atoms with Crippen LogP contribution in [0.2, 0.25) is 0 Å². The number of rotatable bonds is 3. The molecule has 0 aliphatic rings. The van der Waals surface area contributed by atoms with E-state index in [1.165, 1.54) is 0 Å². The monoisotopic (exact) mass is 269 g/mol. The van der Waals surface area contributed by atoms with E-state index in [4.69, 9.17) is 4.52 Å². The third kappa shape index (κ3) is 2.42.